The Morgan fingerprint density at radius 1 is 1.45 bits per heavy atom. The molecule has 1 aliphatic heterocycles. The molecule has 0 bridgehead atoms. The highest BCUT2D eigenvalue weighted by Crippen LogP contribution is 2.19. The van der Waals surface area contributed by atoms with Crippen molar-refractivity contribution in [2.75, 3.05) is 20.1 Å². The van der Waals surface area contributed by atoms with Crippen LogP contribution in [0.5, 0.6) is 0 Å². The topological polar surface area (TPSA) is 71.1 Å². The van der Waals surface area contributed by atoms with Gasteiger partial charge in [-0.2, -0.15) is 0 Å². The second-order valence-electron chi connectivity index (χ2n) is 5.70. The van der Waals surface area contributed by atoms with E-state index in [1.807, 2.05) is 20.8 Å². The van der Waals surface area contributed by atoms with Gasteiger partial charge in [0, 0.05) is 20.1 Å². The molecule has 0 saturated carbocycles. The number of nitrogens with one attached hydrogen (secondary N) is 1. The zero-order valence-electron chi connectivity index (χ0n) is 12.7. The van der Waals surface area contributed by atoms with E-state index in [1.54, 1.807) is 19.9 Å². The fourth-order valence-corrected chi connectivity index (χ4v) is 2.20. The molecule has 1 heterocycles. The first-order valence-corrected chi connectivity index (χ1v) is 7.48. The number of ether oxygens (including phenoxy) is 1. The van der Waals surface area contributed by atoms with Gasteiger partial charge in [0.1, 0.15) is 14.6 Å². The number of rotatable bonds is 3. The maximum absolute atomic E-state index is 11.9. The molecular formula is C11H23BN3O4P. The summed E-state index contributed by atoms with van der Waals surface area (Å²) >= 11 is 0. The molecule has 0 aromatic heterocycles. The van der Waals surface area contributed by atoms with Crippen LogP contribution in [0.1, 0.15) is 27.2 Å². The minimum absolute atomic E-state index is 0.0309. The first kappa shape index (κ1) is 17.0. The van der Waals surface area contributed by atoms with Crippen molar-refractivity contribution in [3.8, 4) is 0 Å². The molecule has 2 atom stereocenters. The molecule has 1 aliphatic rings. The minimum atomic E-state index is -0.506. The highest BCUT2D eigenvalue weighted by molar-refractivity contribution is 7.32. The van der Waals surface area contributed by atoms with Crippen molar-refractivity contribution >= 4 is 29.1 Å². The summed E-state index contributed by atoms with van der Waals surface area (Å²) in [5.74, 6) is 0. The molecule has 0 spiro atoms. The Kier molecular flexibility index (Phi) is 6.08. The number of amides is 2. The number of likely N-dealkylation sites (tertiary alicyclic amines) is 1. The summed E-state index contributed by atoms with van der Waals surface area (Å²) in [4.78, 5) is 29.6. The first-order valence-electron chi connectivity index (χ1n) is 6.58. The Bertz CT molecular complexity index is 364. The van der Waals surface area contributed by atoms with Crippen LogP contribution in [0, 0.1) is 0 Å². The average molecular weight is 303 g/mol. The lowest BCUT2D eigenvalue weighted by molar-refractivity contribution is 0.0282. The van der Waals surface area contributed by atoms with E-state index in [0.29, 0.717) is 13.1 Å². The maximum atomic E-state index is 11.9. The third kappa shape index (κ3) is 5.17. The number of nitrogens with zero attached hydrogens (tertiary/aromatic N) is 2. The fraction of sp³-hybridized carbons (Fsp3) is 0.818. The number of hydrogen-bond acceptors (Lipinski definition) is 5. The third-order valence-electron chi connectivity index (χ3n) is 2.89. The molecule has 0 aromatic rings. The average Bonchev–Trinajstić information content (AvgIpc) is 2.82. The summed E-state index contributed by atoms with van der Waals surface area (Å²) < 4.78 is 10.3. The lowest BCUT2D eigenvalue weighted by Crippen LogP contribution is -2.41. The standard InChI is InChI=1S/C11H23BN3O4P/c1-11(2,3)18-10(17)15-6-5-8(7-15)14(4)9(16)19-20-13-12/h8,13,20H,5-7,12H2,1-4H3/t8-/m0/s1. The molecule has 9 heteroatoms. The Balaban J connectivity index is 2.46. The van der Waals surface area contributed by atoms with Crippen molar-refractivity contribution in [2.24, 2.45) is 0 Å². The number of hydrogen-bond donors (Lipinski definition) is 1. The van der Waals surface area contributed by atoms with Crippen molar-refractivity contribution in [1.29, 1.82) is 0 Å². The third-order valence-corrected chi connectivity index (χ3v) is 3.37. The Labute approximate surface area is 122 Å². The summed E-state index contributed by atoms with van der Waals surface area (Å²) in [5.41, 5.74) is -0.506. The molecule has 7 nitrogen and oxygen atoms in total. The monoisotopic (exact) mass is 303 g/mol. The fourth-order valence-electron chi connectivity index (χ4n) is 1.87. The molecule has 1 fully saturated rings. The second kappa shape index (κ2) is 7.13. The highest BCUT2D eigenvalue weighted by atomic mass is 31.1. The molecule has 0 aromatic carbocycles. The quantitative estimate of drug-likeness (QED) is 0.614. The Morgan fingerprint density at radius 3 is 2.65 bits per heavy atom. The van der Waals surface area contributed by atoms with Crippen LogP contribution in [0.25, 0.3) is 0 Å². The molecule has 2 amide bonds. The molecular weight excluding hydrogens is 280 g/mol. The number of likely N-dealkylation sites (N-methyl/N-ethyl adjacent to an activating group) is 1. The minimum Gasteiger partial charge on any atom is -0.444 e. The van der Waals surface area contributed by atoms with Crippen LogP contribution in [0.3, 0.4) is 0 Å². The van der Waals surface area contributed by atoms with Gasteiger partial charge in [-0.25, -0.2) is 9.59 Å². The van der Waals surface area contributed by atoms with Gasteiger partial charge in [-0.1, -0.05) is 0 Å². The lowest BCUT2D eigenvalue weighted by atomic mass is 10.2. The Hall–Kier alpha value is -1.01. The van der Waals surface area contributed by atoms with Gasteiger partial charge < -0.3 is 24.1 Å². The molecule has 0 radical (unpaired) electrons. The highest BCUT2D eigenvalue weighted by Gasteiger charge is 2.33. The predicted molar refractivity (Wildman–Crippen MR) is 80.5 cm³/mol. The van der Waals surface area contributed by atoms with Crippen molar-refractivity contribution in [3.63, 3.8) is 0 Å². The van der Waals surface area contributed by atoms with E-state index in [1.165, 1.54) is 4.90 Å². The van der Waals surface area contributed by atoms with Crippen LogP contribution < -0.4 is 5.00 Å². The van der Waals surface area contributed by atoms with E-state index in [-0.39, 0.29) is 27.2 Å². The van der Waals surface area contributed by atoms with E-state index in [0.717, 1.165) is 6.42 Å². The Morgan fingerprint density at radius 2 is 2.10 bits per heavy atom. The smallest absolute Gasteiger partial charge is 0.413 e. The van der Waals surface area contributed by atoms with Gasteiger partial charge in [0.2, 0.25) is 0 Å². The van der Waals surface area contributed by atoms with E-state index >= 15 is 0 Å². The zero-order valence-corrected chi connectivity index (χ0v) is 13.7. The van der Waals surface area contributed by atoms with Gasteiger partial charge in [0.25, 0.3) is 0 Å². The summed E-state index contributed by atoms with van der Waals surface area (Å²) in [7, 11) is 3.34. The zero-order chi connectivity index (χ0) is 15.3. The van der Waals surface area contributed by atoms with Gasteiger partial charge in [0.05, 0.1) is 6.04 Å². The van der Waals surface area contributed by atoms with Crippen molar-refractivity contribution in [1.82, 2.24) is 14.8 Å². The molecule has 114 valence electrons. The van der Waals surface area contributed by atoms with Crippen LogP contribution in [-0.2, 0) is 9.26 Å². The van der Waals surface area contributed by atoms with Crippen LogP contribution in [-0.4, -0.2) is 61.7 Å². The lowest BCUT2D eigenvalue weighted by Gasteiger charge is -2.26. The van der Waals surface area contributed by atoms with Crippen LogP contribution in [0.15, 0.2) is 0 Å². The maximum Gasteiger partial charge on any atom is 0.413 e. The van der Waals surface area contributed by atoms with E-state index in [9.17, 15) is 9.59 Å². The van der Waals surface area contributed by atoms with Gasteiger partial charge in [-0.3, -0.25) is 0 Å². The molecule has 20 heavy (non-hydrogen) atoms. The molecule has 1 N–H and O–H groups in total. The van der Waals surface area contributed by atoms with Crippen molar-refractivity contribution in [2.45, 2.75) is 38.8 Å². The van der Waals surface area contributed by atoms with Gasteiger partial charge in [0.15, 0.2) is 7.98 Å². The summed E-state index contributed by atoms with van der Waals surface area (Å²) in [5, 5.41) is 0. The van der Waals surface area contributed by atoms with E-state index < -0.39 is 5.60 Å². The van der Waals surface area contributed by atoms with Crippen molar-refractivity contribution in [3.05, 3.63) is 0 Å². The first-order chi connectivity index (χ1) is 9.24. The van der Waals surface area contributed by atoms with Gasteiger partial charge >= 0.3 is 12.2 Å². The summed E-state index contributed by atoms with van der Waals surface area (Å²) in [6.07, 6.45) is 0.0145. The summed E-state index contributed by atoms with van der Waals surface area (Å²) in [6.45, 7) is 6.57. The van der Waals surface area contributed by atoms with E-state index in [2.05, 4.69) is 5.00 Å². The SMILES string of the molecule is BNPOC(=O)N(C)[C@H]1CCN(C(=O)OC(C)(C)C)C1. The molecule has 1 rings (SSSR count). The summed E-state index contributed by atoms with van der Waals surface area (Å²) in [6, 6.07) is -0.0309. The van der Waals surface area contributed by atoms with Crippen molar-refractivity contribution < 1.29 is 18.8 Å². The second-order valence-corrected chi connectivity index (χ2v) is 6.61. The molecule has 0 aliphatic carbocycles. The predicted octanol–water partition coefficient (Wildman–Crippen LogP) is 0.710. The van der Waals surface area contributed by atoms with E-state index in [4.69, 9.17) is 9.26 Å². The largest absolute Gasteiger partial charge is 0.444 e. The molecule has 1 saturated heterocycles. The van der Waals surface area contributed by atoms with Crippen LogP contribution >= 0.6 is 8.96 Å². The van der Waals surface area contributed by atoms with Gasteiger partial charge in [-0.15, -0.1) is 0 Å². The normalized spacial score (nSPS) is 19.4. The van der Waals surface area contributed by atoms with Crippen LogP contribution in [0.4, 0.5) is 9.59 Å². The van der Waals surface area contributed by atoms with Crippen LogP contribution in [0.2, 0.25) is 0 Å². The number of carbonyl (C=O) groups is 2. The number of carbonyl (C=O) groups excluding carboxylic acids is 2. The molecule has 1 unspecified atom stereocenters. The van der Waals surface area contributed by atoms with Gasteiger partial charge in [-0.05, 0) is 27.2 Å².